The van der Waals surface area contributed by atoms with Crippen LogP contribution in [-0.2, 0) is 11.0 Å². The van der Waals surface area contributed by atoms with E-state index in [2.05, 4.69) is 15.2 Å². The van der Waals surface area contributed by atoms with Gasteiger partial charge >= 0.3 is 6.18 Å². The maximum atomic E-state index is 12.7. The molecule has 0 unspecified atom stereocenters. The number of benzene rings is 2. The summed E-state index contributed by atoms with van der Waals surface area (Å²) in [5.74, 6) is 0.389. The van der Waals surface area contributed by atoms with Gasteiger partial charge in [0.25, 0.3) is 0 Å². The van der Waals surface area contributed by atoms with Crippen molar-refractivity contribution in [3.8, 4) is 5.75 Å². The summed E-state index contributed by atoms with van der Waals surface area (Å²) in [4.78, 5) is 21.0. The van der Waals surface area contributed by atoms with Gasteiger partial charge in [-0.15, -0.1) is 11.3 Å². The van der Waals surface area contributed by atoms with Crippen molar-refractivity contribution >= 4 is 33.1 Å². The molecule has 1 fully saturated rings. The maximum absolute atomic E-state index is 12.7. The normalized spacial score (nSPS) is 18.3. The number of fused-ring (bicyclic) bond motifs is 1. The van der Waals surface area contributed by atoms with Crippen LogP contribution in [0.2, 0.25) is 0 Å². The van der Waals surface area contributed by atoms with Crippen LogP contribution in [0.4, 0.5) is 18.9 Å². The largest absolute Gasteiger partial charge is 0.491 e. The number of alkyl halides is 3. The number of hydrogen-bond acceptors (Lipinski definition) is 7. The van der Waals surface area contributed by atoms with E-state index in [1.165, 1.54) is 12.1 Å². The summed E-state index contributed by atoms with van der Waals surface area (Å²) in [6.45, 7) is 6.70. The van der Waals surface area contributed by atoms with Gasteiger partial charge in [0.1, 0.15) is 18.5 Å². The highest BCUT2D eigenvalue weighted by atomic mass is 32.1. The Labute approximate surface area is 211 Å². The molecule has 0 bridgehead atoms. The number of rotatable bonds is 8. The number of piperazine rings is 1. The van der Waals surface area contributed by atoms with Gasteiger partial charge in [0.2, 0.25) is 5.91 Å². The lowest BCUT2D eigenvalue weighted by Crippen LogP contribution is -2.55. The third-order valence-corrected chi connectivity index (χ3v) is 7.02. The van der Waals surface area contributed by atoms with E-state index < -0.39 is 17.8 Å². The number of carbonyl (C=O) groups excluding carboxylic acids is 1. The predicted octanol–water partition coefficient (Wildman–Crippen LogP) is 4.01. The summed E-state index contributed by atoms with van der Waals surface area (Å²) in [5, 5.41) is 14.2. The van der Waals surface area contributed by atoms with Crippen molar-refractivity contribution < 1.29 is 27.8 Å². The lowest BCUT2D eigenvalue weighted by molar-refractivity contribution is -0.137. The Bertz CT molecular complexity index is 1190. The summed E-state index contributed by atoms with van der Waals surface area (Å²) in [6, 6.07) is 10.2. The van der Waals surface area contributed by atoms with Crippen LogP contribution < -0.4 is 10.1 Å². The summed E-state index contributed by atoms with van der Waals surface area (Å²) in [7, 11) is 0. The molecular weight excluding hydrogens is 493 g/mol. The SMILES string of the molecule is Cc1nc2cc(OC[C@@H](O)CN3CCN(CC(=O)Nc4ccc(C(F)(F)F)cc4)C[C@@H]3C)ccc2s1. The highest BCUT2D eigenvalue weighted by molar-refractivity contribution is 7.18. The van der Waals surface area contributed by atoms with E-state index in [9.17, 15) is 23.1 Å². The lowest BCUT2D eigenvalue weighted by atomic mass is 10.1. The van der Waals surface area contributed by atoms with Crippen molar-refractivity contribution in [1.29, 1.82) is 0 Å². The van der Waals surface area contributed by atoms with Gasteiger partial charge in [0.15, 0.2) is 0 Å². The summed E-state index contributed by atoms with van der Waals surface area (Å²) >= 11 is 1.62. The van der Waals surface area contributed by atoms with Crippen molar-refractivity contribution in [3.05, 3.63) is 53.0 Å². The molecule has 0 radical (unpaired) electrons. The second-order valence-electron chi connectivity index (χ2n) is 9.03. The van der Waals surface area contributed by atoms with Crippen molar-refractivity contribution in [1.82, 2.24) is 14.8 Å². The fourth-order valence-electron chi connectivity index (χ4n) is 4.26. The van der Waals surface area contributed by atoms with Crippen LogP contribution in [0.1, 0.15) is 17.5 Å². The third-order valence-electron chi connectivity index (χ3n) is 6.07. The van der Waals surface area contributed by atoms with Gasteiger partial charge < -0.3 is 15.2 Å². The molecule has 2 atom stereocenters. The number of aliphatic hydroxyl groups is 1. The number of anilines is 1. The Morgan fingerprint density at radius 2 is 2.00 bits per heavy atom. The van der Waals surface area contributed by atoms with E-state index in [0.717, 1.165) is 27.4 Å². The number of amides is 1. The number of nitrogens with zero attached hydrogens (tertiary/aromatic N) is 3. The molecule has 0 aliphatic carbocycles. The first-order chi connectivity index (χ1) is 17.1. The summed E-state index contributed by atoms with van der Waals surface area (Å²) in [6.07, 6.45) is -5.08. The zero-order chi connectivity index (χ0) is 25.9. The van der Waals surface area contributed by atoms with Crippen LogP contribution in [0.15, 0.2) is 42.5 Å². The molecule has 1 amide bonds. The van der Waals surface area contributed by atoms with Gasteiger partial charge in [-0.25, -0.2) is 4.98 Å². The molecule has 2 N–H and O–H groups in total. The van der Waals surface area contributed by atoms with Gasteiger partial charge in [-0.2, -0.15) is 13.2 Å². The number of thiazole rings is 1. The molecule has 1 aliphatic rings. The molecule has 0 spiro atoms. The van der Waals surface area contributed by atoms with Gasteiger partial charge in [-0.3, -0.25) is 14.6 Å². The Kier molecular flexibility index (Phi) is 8.13. The fraction of sp³-hybridized carbons (Fsp3) is 0.440. The topological polar surface area (TPSA) is 77.9 Å². The number of aromatic nitrogens is 1. The minimum atomic E-state index is -4.41. The Balaban J connectivity index is 1.20. The van der Waals surface area contributed by atoms with E-state index >= 15 is 0 Å². The molecule has 2 aromatic carbocycles. The molecular formula is C25H29F3N4O3S. The van der Waals surface area contributed by atoms with Gasteiger partial charge in [-0.1, -0.05) is 0 Å². The molecule has 2 heterocycles. The molecule has 1 aliphatic heterocycles. The Morgan fingerprint density at radius 3 is 2.69 bits per heavy atom. The van der Waals surface area contributed by atoms with Crippen molar-refractivity contribution in [3.63, 3.8) is 0 Å². The number of β-amino-alcohol motifs (C(OH)–C–C–N with tert-alkyl or cyclic N) is 1. The average molecular weight is 523 g/mol. The second-order valence-corrected chi connectivity index (χ2v) is 10.3. The van der Waals surface area contributed by atoms with E-state index in [1.54, 1.807) is 11.3 Å². The fourth-order valence-corrected chi connectivity index (χ4v) is 5.07. The predicted molar refractivity (Wildman–Crippen MR) is 133 cm³/mol. The first kappa shape index (κ1) is 26.3. The molecule has 4 rings (SSSR count). The number of nitrogens with one attached hydrogen (secondary N) is 1. The van der Waals surface area contributed by atoms with E-state index in [1.807, 2.05) is 36.9 Å². The number of hydrogen-bond donors (Lipinski definition) is 2. The molecule has 7 nitrogen and oxygen atoms in total. The first-order valence-corrected chi connectivity index (χ1v) is 12.5. The first-order valence-electron chi connectivity index (χ1n) is 11.7. The van der Waals surface area contributed by atoms with Gasteiger partial charge in [0.05, 0.1) is 27.3 Å². The molecule has 3 aromatic rings. The van der Waals surface area contributed by atoms with Crippen LogP contribution in [0, 0.1) is 6.92 Å². The van der Waals surface area contributed by atoms with E-state index in [4.69, 9.17) is 4.74 Å². The van der Waals surface area contributed by atoms with Crippen LogP contribution in [0.5, 0.6) is 5.75 Å². The Morgan fingerprint density at radius 1 is 1.25 bits per heavy atom. The van der Waals surface area contributed by atoms with Crippen LogP contribution >= 0.6 is 11.3 Å². The molecule has 1 saturated heterocycles. The number of carbonyl (C=O) groups is 1. The minimum absolute atomic E-state index is 0.113. The second kappa shape index (κ2) is 11.1. The molecule has 36 heavy (non-hydrogen) atoms. The monoisotopic (exact) mass is 522 g/mol. The quantitative estimate of drug-likeness (QED) is 0.466. The molecule has 0 saturated carbocycles. The summed E-state index contributed by atoms with van der Waals surface area (Å²) < 4.78 is 44.9. The highest BCUT2D eigenvalue weighted by Gasteiger charge is 2.30. The average Bonchev–Trinajstić information content (AvgIpc) is 3.18. The summed E-state index contributed by atoms with van der Waals surface area (Å²) in [5.41, 5.74) is 0.456. The number of aryl methyl sites for hydroxylation is 1. The number of halogens is 3. The van der Waals surface area contributed by atoms with Gasteiger partial charge in [-0.05, 0) is 50.2 Å². The zero-order valence-electron chi connectivity index (χ0n) is 20.1. The number of aliphatic hydroxyl groups excluding tert-OH is 1. The van der Waals surface area contributed by atoms with Crippen LogP contribution in [0.3, 0.4) is 0 Å². The Hall–Kier alpha value is -2.73. The molecule has 11 heteroatoms. The molecule has 194 valence electrons. The zero-order valence-corrected chi connectivity index (χ0v) is 20.9. The molecule has 1 aromatic heterocycles. The minimum Gasteiger partial charge on any atom is -0.491 e. The van der Waals surface area contributed by atoms with Crippen LogP contribution in [0.25, 0.3) is 10.2 Å². The van der Waals surface area contributed by atoms with Crippen molar-refractivity contribution in [2.75, 3.05) is 44.6 Å². The maximum Gasteiger partial charge on any atom is 0.416 e. The smallest absolute Gasteiger partial charge is 0.416 e. The van der Waals surface area contributed by atoms with E-state index in [0.29, 0.717) is 37.6 Å². The lowest BCUT2D eigenvalue weighted by Gasteiger charge is -2.40. The highest BCUT2D eigenvalue weighted by Crippen LogP contribution is 2.30. The van der Waals surface area contributed by atoms with Gasteiger partial charge in [0, 0.05) is 44.0 Å². The van der Waals surface area contributed by atoms with Crippen molar-refractivity contribution in [2.24, 2.45) is 0 Å². The standard InChI is InChI=1S/C25H29F3N4O3S/c1-16-12-31(14-24(34)30-19-5-3-18(4-6-19)25(26,27)28)9-10-32(16)13-20(33)15-35-21-7-8-23-22(11-21)29-17(2)36-23/h3-8,11,16,20,33H,9-10,12-15H2,1-2H3,(H,30,34)/t16-,20-/m0/s1. The third kappa shape index (κ3) is 6.94. The van der Waals surface area contributed by atoms with E-state index in [-0.39, 0.29) is 25.1 Å². The van der Waals surface area contributed by atoms with Crippen LogP contribution in [-0.4, -0.2) is 77.3 Å². The van der Waals surface area contributed by atoms with Crippen molar-refractivity contribution in [2.45, 2.75) is 32.2 Å². The number of ether oxygens (including phenoxy) is 1.